The zero-order valence-electron chi connectivity index (χ0n) is 9.47. The number of hydrogen-bond acceptors (Lipinski definition) is 3. The molecule has 0 bridgehead atoms. The first-order valence-electron chi connectivity index (χ1n) is 5.39. The third-order valence-corrected chi connectivity index (χ3v) is 2.74. The molecule has 0 aliphatic rings. The van der Waals surface area contributed by atoms with Gasteiger partial charge in [0.25, 0.3) is 0 Å². The summed E-state index contributed by atoms with van der Waals surface area (Å²) < 4.78 is 0. The smallest absolute Gasteiger partial charge is 0.140 e. The van der Waals surface area contributed by atoms with E-state index in [9.17, 15) is 5.11 Å². The molecule has 18 heavy (non-hydrogen) atoms. The molecule has 2 aromatic carbocycles. The van der Waals surface area contributed by atoms with Gasteiger partial charge < -0.3 is 10.4 Å². The normalized spacial score (nSPS) is 11.6. The molecule has 2 N–H and O–H groups in total. The number of phenols is 1. The molecule has 0 saturated carbocycles. The number of benzene rings is 2. The second kappa shape index (κ2) is 5.44. The highest BCUT2D eigenvalue weighted by molar-refractivity contribution is 6.30. The van der Waals surface area contributed by atoms with Crippen LogP contribution in [0.5, 0.6) is 5.75 Å². The summed E-state index contributed by atoms with van der Waals surface area (Å²) in [5, 5.41) is 22.3. The van der Waals surface area contributed by atoms with Gasteiger partial charge in [0.05, 0.1) is 6.07 Å². The first-order chi connectivity index (χ1) is 8.69. The molecule has 0 fully saturated rings. The van der Waals surface area contributed by atoms with Gasteiger partial charge in [-0.15, -0.1) is 0 Å². The average Bonchev–Trinajstić information content (AvgIpc) is 2.38. The van der Waals surface area contributed by atoms with E-state index in [4.69, 9.17) is 16.9 Å². The predicted molar refractivity (Wildman–Crippen MR) is 71.5 cm³/mol. The molecular weight excluding hydrogens is 248 g/mol. The summed E-state index contributed by atoms with van der Waals surface area (Å²) in [5.74, 6) is 0.144. The summed E-state index contributed by atoms with van der Waals surface area (Å²) in [6, 6.07) is 15.4. The van der Waals surface area contributed by atoms with Gasteiger partial charge in [-0.2, -0.15) is 5.26 Å². The summed E-state index contributed by atoms with van der Waals surface area (Å²) in [4.78, 5) is 0. The van der Waals surface area contributed by atoms with Crippen LogP contribution in [0.25, 0.3) is 0 Å². The number of halogens is 1. The van der Waals surface area contributed by atoms with Crippen LogP contribution in [0, 0.1) is 11.3 Å². The minimum absolute atomic E-state index is 0.144. The van der Waals surface area contributed by atoms with Crippen molar-refractivity contribution in [2.75, 3.05) is 5.32 Å². The molecule has 2 aromatic rings. The minimum Gasteiger partial charge on any atom is -0.508 e. The third-order valence-electron chi connectivity index (χ3n) is 2.49. The molecule has 1 atom stereocenters. The quantitative estimate of drug-likeness (QED) is 0.882. The molecular formula is C14H11ClN2O. The van der Waals surface area contributed by atoms with E-state index in [0.29, 0.717) is 10.6 Å². The number of nitrogens with one attached hydrogen (secondary N) is 1. The average molecular weight is 259 g/mol. The van der Waals surface area contributed by atoms with Gasteiger partial charge in [-0.1, -0.05) is 23.7 Å². The molecule has 1 unspecified atom stereocenters. The van der Waals surface area contributed by atoms with Crippen LogP contribution < -0.4 is 5.32 Å². The van der Waals surface area contributed by atoms with Crippen LogP contribution in [0.3, 0.4) is 0 Å². The molecule has 4 heteroatoms. The minimum atomic E-state index is -0.515. The van der Waals surface area contributed by atoms with Gasteiger partial charge >= 0.3 is 0 Å². The number of phenolic OH excluding ortho intramolecular Hbond substituents is 1. The molecule has 0 saturated heterocycles. The van der Waals surface area contributed by atoms with Crippen LogP contribution in [-0.4, -0.2) is 5.11 Å². The lowest BCUT2D eigenvalue weighted by Gasteiger charge is -2.13. The lowest BCUT2D eigenvalue weighted by atomic mass is 10.1. The number of nitrogens with zero attached hydrogens (tertiary/aromatic N) is 1. The number of rotatable bonds is 3. The number of hydrogen-bond donors (Lipinski definition) is 2. The highest BCUT2D eigenvalue weighted by Crippen LogP contribution is 2.23. The summed E-state index contributed by atoms with van der Waals surface area (Å²) in [5.41, 5.74) is 1.52. The standard InChI is InChI=1S/C14H11ClN2O/c15-11-4-6-12(7-5-11)17-14(9-16)10-2-1-3-13(18)8-10/h1-8,14,17-18H. The van der Waals surface area contributed by atoms with Crippen LogP contribution in [0.15, 0.2) is 48.5 Å². The van der Waals surface area contributed by atoms with Crippen LogP contribution in [0.4, 0.5) is 5.69 Å². The Bertz CT molecular complexity index is 575. The van der Waals surface area contributed by atoms with Crippen molar-refractivity contribution in [2.45, 2.75) is 6.04 Å². The van der Waals surface area contributed by atoms with Crippen molar-refractivity contribution in [1.29, 1.82) is 5.26 Å². The van der Waals surface area contributed by atoms with Gasteiger partial charge in [0.2, 0.25) is 0 Å². The Labute approximate surface area is 110 Å². The highest BCUT2D eigenvalue weighted by Gasteiger charge is 2.10. The maximum absolute atomic E-state index is 9.41. The van der Waals surface area contributed by atoms with Crippen molar-refractivity contribution in [2.24, 2.45) is 0 Å². The van der Waals surface area contributed by atoms with E-state index in [2.05, 4.69) is 11.4 Å². The highest BCUT2D eigenvalue weighted by atomic mass is 35.5. The second-order valence-electron chi connectivity index (χ2n) is 3.81. The Hall–Kier alpha value is -2.18. The molecule has 0 amide bonds. The summed E-state index contributed by atoms with van der Waals surface area (Å²) in [6.45, 7) is 0. The van der Waals surface area contributed by atoms with Gasteiger partial charge in [-0.3, -0.25) is 0 Å². The van der Waals surface area contributed by atoms with Crippen molar-refractivity contribution in [3.8, 4) is 11.8 Å². The van der Waals surface area contributed by atoms with E-state index in [-0.39, 0.29) is 5.75 Å². The number of nitriles is 1. The van der Waals surface area contributed by atoms with E-state index in [1.807, 2.05) is 0 Å². The van der Waals surface area contributed by atoms with E-state index in [0.717, 1.165) is 5.69 Å². The Balaban J connectivity index is 2.20. The van der Waals surface area contributed by atoms with Gasteiger partial charge in [0.15, 0.2) is 0 Å². The van der Waals surface area contributed by atoms with Gasteiger partial charge in [-0.25, -0.2) is 0 Å². The van der Waals surface area contributed by atoms with Gasteiger partial charge in [-0.05, 0) is 42.0 Å². The fourth-order valence-electron chi connectivity index (χ4n) is 1.61. The fourth-order valence-corrected chi connectivity index (χ4v) is 1.73. The van der Waals surface area contributed by atoms with E-state index in [1.54, 1.807) is 48.5 Å². The van der Waals surface area contributed by atoms with Crippen molar-refractivity contribution < 1.29 is 5.11 Å². The second-order valence-corrected chi connectivity index (χ2v) is 4.24. The molecule has 0 aliphatic heterocycles. The van der Waals surface area contributed by atoms with Crippen molar-refractivity contribution in [1.82, 2.24) is 0 Å². The van der Waals surface area contributed by atoms with Crippen molar-refractivity contribution >= 4 is 17.3 Å². The molecule has 0 radical (unpaired) electrons. The molecule has 2 rings (SSSR count). The number of anilines is 1. The zero-order chi connectivity index (χ0) is 13.0. The topological polar surface area (TPSA) is 56.0 Å². The largest absolute Gasteiger partial charge is 0.508 e. The summed E-state index contributed by atoms with van der Waals surface area (Å²) in [6.07, 6.45) is 0. The van der Waals surface area contributed by atoms with Gasteiger partial charge in [0.1, 0.15) is 11.8 Å². The van der Waals surface area contributed by atoms with E-state index in [1.165, 1.54) is 0 Å². The van der Waals surface area contributed by atoms with Crippen molar-refractivity contribution in [3.05, 3.63) is 59.1 Å². The lowest BCUT2D eigenvalue weighted by molar-refractivity contribution is 0.474. The Kier molecular flexibility index (Phi) is 3.71. The Morgan fingerprint density at radius 1 is 1.17 bits per heavy atom. The SMILES string of the molecule is N#CC(Nc1ccc(Cl)cc1)c1cccc(O)c1. The molecule has 3 nitrogen and oxygen atoms in total. The molecule has 0 heterocycles. The summed E-state index contributed by atoms with van der Waals surface area (Å²) in [7, 11) is 0. The van der Waals surface area contributed by atoms with Crippen LogP contribution in [-0.2, 0) is 0 Å². The Morgan fingerprint density at radius 2 is 1.89 bits per heavy atom. The predicted octanol–water partition coefficient (Wildman–Crippen LogP) is 3.72. The molecule has 0 aromatic heterocycles. The molecule has 90 valence electrons. The maximum Gasteiger partial charge on any atom is 0.140 e. The van der Waals surface area contributed by atoms with Crippen LogP contribution in [0.2, 0.25) is 5.02 Å². The zero-order valence-corrected chi connectivity index (χ0v) is 10.2. The Morgan fingerprint density at radius 3 is 2.50 bits per heavy atom. The maximum atomic E-state index is 9.41. The monoisotopic (exact) mass is 258 g/mol. The van der Waals surface area contributed by atoms with Crippen LogP contribution >= 0.6 is 11.6 Å². The first-order valence-corrected chi connectivity index (χ1v) is 5.77. The van der Waals surface area contributed by atoms with E-state index < -0.39 is 6.04 Å². The van der Waals surface area contributed by atoms with E-state index >= 15 is 0 Å². The van der Waals surface area contributed by atoms with Crippen LogP contribution in [0.1, 0.15) is 11.6 Å². The third kappa shape index (κ3) is 2.93. The number of aromatic hydroxyl groups is 1. The molecule has 0 aliphatic carbocycles. The van der Waals surface area contributed by atoms with Gasteiger partial charge in [0, 0.05) is 10.7 Å². The first kappa shape index (κ1) is 12.3. The summed E-state index contributed by atoms with van der Waals surface area (Å²) >= 11 is 5.79. The lowest BCUT2D eigenvalue weighted by Crippen LogP contribution is -2.08. The van der Waals surface area contributed by atoms with Crippen molar-refractivity contribution in [3.63, 3.8) is 0 Å². The molecule has 0 spiro atoms. The fraction of sp³-hybridized carbons (Fsp3) is 0.0714.